The number of benzene rings is 2. The molecule has 11 nitrogen and oxygen atoms in total. The van der Waals surface area contributed by atoms with Crippen molar-refractivity contribution < 1.29 is 53.9 Å². The SMILES string of the molecule is O=C1CCCCCCCC(c2ccc(C(=O)O)c(C(=O)O)c2)(c2ccc(C(=O)O)c(C(=O)O)c2)C(=O)O1. The number of carbonyl (C=O) groups excluding carboxylic acids is 2. The minimum Gasteiger partial charge on any atom is -0.478 e. The second kappa shape index (κ2) is 11.0. The Kier molecular flexibility index (Phi) is 8.06. The lowest BCUT2D eigenvalue weighted by Crippen LogP contribution is -2.40. The number of hydrogen-bond donors (Lipinski definition) is 4. The average molecular weight is 512 g/mol. The summed E-state index contributed by atoms with van der Waals surface area (Å²) in [6.07, 6.45) is 2.86. The molecular formula is C26H24O11. The van der Waals surface area contributed by atoms with Crippen LogP contribution in [0.4, 0.5) is 0 Å². The molecule has 1 aliphatic heterocycles. The number of aromatic carboxylic acids is 4. The maximum absolute atomic E-state index is 13.7. The highest BCUT2D eigenvalue weighted by molar-refractivity contribution is 6.04. The number of carboxylic acids is 4. The van der Waals surface area contributed by atoms with Gasteiger partial charge in [0, 0.05) is 6.42 Å². The molecule has 11 heteroatoms. The summed E-state index contributed by atoms with van der Waals surface area (Å²) in [5, 5.41) is 38.2. The van der Waals surface area contributed by atoms with Crippen molar-refractivity contribution in [1.82, 2.24) is 0 Å². The minimum atomic E-state index is -1.93. The average Bonchev–Trinajstić information content (AvgIpc) is 2.87. The second-order valence-electron chi connectivity index (χ2n) is 8.68. The lowest BCUT2D eigenvalue weighted by atomic mass is 9.69. The third-order valence-corrected chi connectivity index (χ3v) is 6.43. The van der Waals surface area contributed by atoms with Crippen LogP contribution in [0.3, 0.4) is 0 Å². The van der Waals surface area contributed by atoms with Gasteiger partial charge in [0.2, 0.25) is 0 Å². The van der Waals surface area contributed by atoms with Gasteiger partial charge < -0.3 is 25.2 Å². The Morgan fingerprint density at radius 1 is 0.622 bits per heavy atom. The molecule has 1 saturated heterocycles. The fourth-order valence-electron chi connectivity index (χ4n) is 4.57. The van der Waals surface area contributed by atoms with Crippen LogP contribution in [0, 0.1) is 0 Å². The molecule has 0 bridgehead atoms. The maximum atomic E-state index is 13.7. The Balaban J connectivity index is 2.38. The van der Waals surface area contributed by atoms with Crippen molar-refractivity contribution in [2.45, 2.75) is 50.4 Å². The molecule has 0 saturated carbocycles. The third-order valence-electron chi connectivity index (χ3n) is 6.43. The van der Waals surface area contributed by atoms with E-state index in [1.54, 1.807) is 0 Å². The van der Waals surface area contributed by atoms with Gasteiger partial charge in [0.05, 0.1) is 22.3 Å². The van der Waals surface area contributed by atoms with E-state index in [0.717, 1.165) is 30.7 Å². The molecule has 194 valence electrons. The van der Waals surface area contributed by atoms with Gasteiger partial charge in [-0.2, -0.15) is 0 Å². The topological polar surface area (TPSA) is 193 Å². The number of rotatable bonds is 6. The summed E-state index contributed by atoms with van der Waals surface area (Å²) in [4.78, 5) is 73.1. The fraction of sp³-hybridized carbons (Fsp3) is 0.308. The maximum Gasteiger partial charge on any atom is 0.336 e. The predicted molar refractivity (Wildman–Crippen MR) is 125 cm³/mol. The van der Waals surface area contributed by atoms with E-state index < -0.39 is 63.5 Å². The van der Waals surface area contributed by atoms with Crippen LogP contribution in [0.25, 0.3) is 0 Å². The van der Waals surface area contributed by atoms with E-state index in [1.807, 2.05) is 0 Å². The van der Waals surface area contributed by atoms with Crippen LogP contribution < -0.4 is 0 Å². The van der Waals surface area contributed by atoms with Crippen molar-refractivity contribution in [3.05, 3.63) is 69.8 Å². The predicted octanol–water partition coefficient (Wildman–Crippen LogP) is 3.58. The van der Waals surface area contributed by atoms with Crippen LogP contribution in [-0.2, 0) is 19.7 Å². The summed E-state index contributed by atoms with van der Waals surface area (Å²) in [5.41, 5.74) is -4.34. The number of hydrogen-bond acceptors (Lipinski definition) is 7. The first-order valence-corrected chi connectivity index (χ1v) is 11.5. The molecule has 0 aliphatic carbocycles. The Hall–Kier alpha value is -4.54. The molecule has 0 amide bonds. The molecule has 37 heavy (non-hydrogen) atoms. The van der Waals surface area contributed by atoms with E-state index >= 15 is 0 Å². The molecule has 0 unspecified atom stereocenters. The van der Waals surface area contributed by atoms with Gasteiger partial charge in [0.1, 0.15) is 5.41 Å². The van der Waals surface area contributed by atoms with Crippen molar-refractivity contribution in [1.29, 1.82) is 0 Å². The van der Waals surface area contributed by atoms with E-state index in [-0.39, 0.29) is 24.0 Å². The monoisotopic (exact) mass is 512 g/mol. The molecule has 3 rings (SSSR count). The van der Waals surface area contributed by atoms with E-state index in [9.17, 15) is 49.2 Å². The molecule has 0 radical (unpaired) electrons. The summed E-state index contributed by atoms with van der Waals surface area (Å²) in [6.45, 7) is 0. The molecule has 2 aromatic carbocycles. The van der Waals surface area contributed by atoms with Gasteiger partial charge >= 0.3 is 35.8 Å². The van der Waals surface area contributed by atoms with Crippen LogP contribution in [0.2, 0.25) is 0 Å². The first kappa shape index (κ1) is 27.1. The summed E-state index contributed by atoms with van der Waals surface area (Å²) >= 11 is 0. The lowest BCUT2D eigenvalue weighted by molar-refractivity contribution is -0.163. The molecule has 1 heterocycles. The Morgan fingerprint density at radius 2 is 1.05 bits per heavy atom. The zero-order chi connectivity index (χ0) is 27.3. The van der Waals surface area contributed by atoms with E-state index in [2.05, 4.69) is 0 Å². The molecular weight excluding hydrogens is 488 g/mol. The van der Waals surface area contributed by atoms with Crippen molar-refractivity contribution >= 4 is 35.8 Å². The first-order chi connectivity index (χ1) is 17.5. The quantitative estimate of drug-likeness (QED) is 0.326. The van der Waals surface area contributed by atoms with Gasteiger partial charge in [-0.3, -0.25) is 9.59 Å². The van der Waals surface area contributed by atoms with Crippen LogP contribution in [0.15, 0.2) is 36.4 Å². The standard InChI is InChI=1S/C26H24O11/c27-20-6-4-2-1-3-5-11-26(25(36)37-20,14-7-9-16(21(28)29)18(12-14)23(32)33)15-8-10-17(22(30)31)19(13-15)24(34)35/h7-10,12-13H,1-6,11H2,(H,28,29)(H,30,31)(H,32,33)(H,34,35). The Morgan fingerprint density at radius 3 is 1.51 bits per heavy atom. The van der Waals surface area contributed by atoms with Crippen molar-refractivity contribution in [2.24, 2.45) is 0 Å². The number of carbonyl (C=O) groups is 6. The van der Waals surface area contributed by atoms with Crippen LogP contribution in [0.5, 0.6) is 0 Å². The number of cyclic esters (lactones) is 2. The zero-order valence-electron chi connectivity index (χ0n) is 19.6. The molecule has 1 fully saturated rings. The molecule has 2 aromatic rings. The fourth-order valence-corrected chi connectivity index (χ4v) is 4.57. The molecule has 0 atom stereocenters. The van der Waals surface area contributed by atoms with Crippen LogP contribution in [-0.4, -0.2) is 56.2 Å². The summed E-state index contributed by atoms with van der Waals surface area (Å²) < 4.78 is 5.16. The lowest BCUT2D eigenvalue weighted by Gasteiger charge is -2.33. The van der Waals surface area contributed by atoms with Crippen molar-refractivity contribution in [3.63, 3.8) is 0 Å². The molecule has 4 N–H and O–H groups in total. The summed E-state index contributed by atoms with van der Waals surface area (Å²) in [5.74, 6) is -8.11. The smallest absolute Gasteiger partial charge is 0.336 e. The Labute approximate surface area is 210 Å². The molecule has 1 aliphatic rings. The number of esters is 2. The number of carboxylic acid groups (broad SMARTS) is 4. The van der Waals surface area contributed by atoms with Gasteiger partial charge in [0.15, 0.2) is 0 Å². The minimum absolute atomic E-state index is 0.0358. The highest BCUT2D eigenvalue weighted by Crippen LogP contribution is 2.41. The van der Waals surface area contributed by atoms with E-state index in [0.29, 0.717) is 25.7 Å². The summed E-state index contributed by atoms with van der Waals surface area (Å²) in [7, 11) is 0. The van der Waals surface area contributed by atoms with E-state index in [1.165, 1.54) is 12.1 Å². The second-order valence-corrected chi connectivity index (χ2v) is 8.68. The largest absolute Gasteiger partial charge is 0.478 e. The van der Waals surface area contributed by atoms with Crippen molar-refractivity contribution in [2.75, 3.05) is 0 Å². The number of ether oxygens (including phenoxy) is 1. The van der Waals surface area contributed by atoms with Crippen molar-refractivity contribution in [3.8, 4) is 0 Å². The van der Waals surface area contributed by atoms with Gasteiger partial charge in [-0.25, -0.2) is 19.2 Å². The van der Waals surface area contributed by atoms with Crippen LogP contribution >= 0.6 is 0 Å². The highest BCUT2D eigenvalue weighted by Gasteiger charge is 2.45. The highest BCUT2D eigenvalue weighted by atomic mass is 16.6. The van der Waals surface area contributed by atoms with E-state index in [4.69, 9.17) is 4.74 Å². The van der Waals surface area contributed by atoms with Gasteiger partial charge in [0.25, 0.3) is 0 Å². The third kappa shape index (κ3) is 5.50. The zero-order valence-corrected chi connectivity index (χ0v) is 19.6. The molecule has 0 spiro atoms. The van der Waals surface area contributed by atoms with Crippen LogP contribution in [0.1, 0.15) is 97.5 Å². The van der Waals surface area contributed by atoms with Gasteiger partial charge in [-0.1, -0.05) is 37.8 Å². The molecule has 0 aromatic heterocycles. The van der Waals surface area contributed by atoms with Gasteiger partial charge in [-0.05, 0) is 48.2 Å². The normalized spacial score (nSPS) is 16.2. The first-order valence-electron chi connectivity index (χ1n) is 11.5. The Bertz CT molecular complexity index is 1220. The summed E-state index contributed by atoms with van der Waals surface area (Å²) in [6, 6.07) is 6.42. The van der Waals surface area contributed by atoms with Gasteiger partial charge in [-0.15, -0.1) is 0 Å².